The predicted octanol–water partition coefficient (Wildman–Crippen LogP) is 3.65. The highest BCUT2D eigenvalue weighted by molar-refractivity contribution is 7.62. The molecule has 0 aliphatic heterocycles. The van der Waals surface area contributed by atoms with E-state index in [4.69, 9.17) is 9.05 Å². The Balaban J connectivity index is 2.45. The first kappa shape index (κ1) is 23.0. The summed E-state index contributed by atoms with van der Waals surface area (Å²) in [5, 5.41) is 11.3. The monoisotopic (exact) mass is 421 g/mol. The topological polar surface area (TPSA) is 85.1 Å². The standard InChI is InChI=1S/C20H28N3O5P/c1-6-27-29(26,28-19-9-7-18(8-10-19)23(24)25)20-12-16(14-21(2)3)11-17(13-20)15-22(4)5/h7-13H,6,14-15H2,1-5H3. The average Bonchev–Trinajstić information content (AvgIpc) is 2.61. The zero-order valence-corrected chi connectivity index (χ0v) is 18.4. The Morgan fingerprint density at radius 1 is 0.966 bits per heavy atom. The molecule has 0 bridgehead atoms. The Hall–Kier alpha value is -2.25. The van der Waals surface area contributed by atoms with Crippen LogP contribution in [0.2, 0.25) is 0 Å². The number of hydrogen-bond donors (Lipinski definition) is 0. The predicted molar refractivity (Wildman–Crippen MR) is 114 cm³/mol. The Kier molecular flexibility index (Phi) is 7.93. The van der Waals surface area contributed by atoms with Crippen molar-refractivity contribution in [3.05, 3.63) is 63.7 Å². The van der Waals surface area contributed by atoms with Crippen molar-refractivity contribution in [2.24, 2.45) is 0 Å². The molecule has 1 atom stereocenters. The molecule has 158 valence electrons. The minimum atomic E-state index is -3.68. The van der Waals surface area contributed by atoms with Crippen LogP contribution >= 0.6 is 7.60 Å². The van der Waals surface area contributed by atoms with Gasteiger partial charge in [0.1, 0.15) is 5.75 Å². The summed E-state index contributed by atoms with van der Waals surface area (Å²) in [5.41, 5.74) is 1.93. The van der Waals surface area contributed by atoms with E-state index in [0.29, 0.717) is 18.4 Å². The number of rotatable bonds is 10. The molecule has 2 aromatic rings. The third-order valence-electron chi connectivity index (χ3n) is 3.92. The van der Waals surface area contributed by atoms with Gasteiger partial charge in [0.05, 0.1) is 16.8 Å². The Morgan fingerprint density at radius 3 is 1.90 bits per heavy atom. The highest BCUT2D eigenvalue weighted by atomic mass is 31.2. The van der Waals surface area contributed by atoms with Gasteiger partial charge in [-0.2, -0.15) is 0 Å². The van der Waals surface area contributed by atoms with Crippen LogP contribution in [0.3, 0.4) is 0 Å². The quantitative estimate of drug-likeness (QED) is 0.329. The molecule has 0 radical (unpaired) electrons. The van der Waals surface area contributed by atoms with Gasteiger partial charge < -0.3 is 14.3 Å². The largest absolute Gasteiger partial charge is 0.421 e. The molecule has 0 aromatic heterocycles. The molecule has 0 spiro atoms. The smallest absolute Gasteiger partial charge is 0.410 e. The maximum atomic E-state index is 13.7. The van der Waals surface area contributed by atoms with Crippen molar-refractivity contribution >= 4 is 18.6 Å². The Morgan fingerprint density at radius 2 is 1.48 bits per heavy atom. The van der Waals surface area contributed by atoms with Crippen LogP contribution in [-0.2, 0) is 22.2 Å². The van der Waals surface area contributed by atoms with Crippen molar-refractivity contribution in [2.45, 2.75) is 20.0 Å². The fraction of sp³-hybridized carbons (Fsp3) is 0.400. The van der Waals surface area contributed by atoms with Crippen molar-refractivity contribution < 1.29 is 18.5 Å². The molecule has 29 heavy (non-hydrogen) atoms. The number of hydrogen-bond acceptors (Lipinski definition) is 7. The lowest BCUT2D eigenvalue weighted by molar-refractivity contribution is -0.384. The molecule has 0 saturated carbocycles. The second-order valence-electron chi connectivity index (χ2n) is 7.24. The van der Waals surface area contributed by atoms with Gasteiger partial charge in [-0.05, 0) is 70.5 Å². The molecule has 0 amide bonds. The molecule has 0 aliphatic rings. The number of non-ortho nitro benzene ring substituents is 1. The maximum absolute atomic E-state index is 13.7. The normalized spacial score (nSPS) is 13.5. The lowest BCUT2D eigenvalue weighted by atomic mass is 10.1. The van der Waals surface area contributed by atoms with Gasteiger partial charge in [-0.15, -0.1) is 0 Å². The molecular weight excluding hydrogens is 393 g/mol. The minimum Gasteiger partial charge on any atom is -0.421 e. The number of benzene rings is 2. The summed E-state index contributed by atoms with van der Waals surface area (Å²) in [4.78, 5) is 14.4. The zero-order valence-electron chi connectivity index (χ0n) is 17.5. The van der Waals surface area contributed by atoms with Crippen LogP contribution < -0.4 is 9.83 Å². The van der Waals surface area contributed by atoms with E-state index in [1.54, 1.807) is 6.92 Å². The van der Waals surface area contributed by atoms with Gasteiger partial charge in [0, 0.05) is 25.2 Å². The first-order chi connectivity index (χ1) is 13.6. The first-order valence-electron chi connectivity index (χ1n) is 9.24. The second-order valence-corrected chi connectivity index (χ2v) is 9.19. The van der Waals surface area contributed by atoms with Crippen LogP contribution in [0, 0.1) is 10.1 Å². The van der Waals surface area contributed by atoms with Gasteiger partial charge in [-0.3, -0.25) is 14.6 Å². The van der Waals surface area contributed by atoms with Gasteiger partial charge in [-0.25, -0.2) is 4.57 Å². The molecule has 0 fully saturated rings. The van der Waals surface area contributed by atoms with Crippen molar-refractivity contribution in [2.75, 3.05) is 34.8 Å². The van der Waals surface area contributed by atoms with Gasteiger partial charge in [0.15, 0.2) is 0 Å². The Bertz CT molecular complexity index is 856. The second kappa shape index (κ2) is 9.98. The minimum absolute atomic E-state index is 0.0650. The van der Waals surface area contributed by atoms with Crippen LogP contribution in [0.5, 0.6) is 5.75 Å². The number of nitro benzene ring substituents is 1. The molecule has 0 heterocycles. The van der Waals surface area contributed by atoms with E-state index in [1.165, 1.54) is 24.3 Å². The van der Waals surface area contributed by atoms with Crippen molar-refractivity contribution in [3.63, 3.8) is 0 Å². The van der Waals surface area contributed by atoms with Crippen molar-refractivity contribution in [1.82, 2.24) is 9.80 Å². The van der Waals surface area contributed by atoms with E-state index in [9.17, 15) is 14.7 Å². The fourth-order valence-electron chi connectivity index (χ4n) is 2.91. The molecule has 9 heteroatoms. The maximum Gasteiger partial charge on any atom is 0.410 e. The van der Waals surface area contributed by atoms with E-state index < -0.39 is 12.5 Å². The van der Waals surface area contributed by atoms with Crippen LogP contribution in [-0.4, -0.2) is 49.5 Å². The summed E-state index contributed by atoms with van der Waals surface area (Å²) in [6, 6.07) is 11.2. The third kappa shape index (κ3) is 6.65. The molecule has 2 aromatic carbocycles. The SMILES string of the molecule is CCOP(=O)(Oc1ccc([N+](=O)[O-])cc1)c1cc(CN(C)C)cc(CN(C)C)c1. The van der Waals surface area contributed by atoms with E-state index in [-0.39, 0.29) is 18.0 Å². The van der Waals surface area contributed by atoms with Crippen molar-refractivity contribution in [1.29, 1.82) is 0 Å². The average molecular weight is 421 g/mol. The highest BCUT2D eigenvalue weighted by Gasteiger charge is 2.30. The van der Waals surface area contributed by atoms with Crippen LogP contribution in [0.1, 0.15) is 18.1 Å². The molecule has 2 rings (SSSR count). The summed E-state index contributed by atoms with van der Waals surface area (Å²) in [6.07, 6.45) is 0. The summed E-state index contributed by atoms with van der Waals surface area (Å²) in [5.74, 6) is 0.250. The van der Waals surface area contributed by atoms with Crippen LogP contribution in [0.25, 0.3) is 0 Å². The molecule has 0 saturated heterocycles. The third-order valence-corrected chi connectivity index (χ3v) is 5.86. The van der Waals surface area contributed by atoms with E-state index >= 15 is 0 Å². The lowest BCUT2D eigenvalue weighted by Gasteiger charge is -2.22. The first-order valence-corrected chi connectivity index (χ1v) is 10.8. The van der Waals surface area contributed by atoms with E-state index in [0.717, 1.165) is 11.1 Å². The summed E-state index contributed by atoms with van der Waals surface area (Å²) >= 11 is 0. The summed E-state index contributed by atoms with van der Waals surface area (Å²) in [6.45, 7) is 3.30. The van der Waals surface area contributed by atoms with E-state index in [1.807, 2.05) is 50.1 Å². The fourth-order valence-corrected chi connectivity index (χ4v) is 4.60. The zero-order chi connectivity index (χ0) is 21.6. The summed E-state index contributed by atoms with van der Waals surface area (Å²) < 4.78 is 25.0. The molecule has 8 nitrogen and oxygen atoms in total. The van der Waals surface area contributed by atoms with E-state index in [2.05, 4.69) is 6.07 Å². The van der Waals surface area contributed by atoms with Gasteiger partial charge >= 0.3 is 7.60 Å². The lowest BCUT2D eigenvalue weighted by Crippen LogP contribution is -2.19. The van der Waals surface area contributed by atoms with Crippen molar-refractivity contribution in [3.8, 4) is 5.75 Å². The van der Waals surface area contributed by atoms with Gasteiger partial charge in [-0.1, -0.05) is 6.07 Å². The number of nitrogens with zero attached hydrogens (tertiary/aromatic N) is 3. The number of nitro groups is 1. The van der Waals surface area contributed by atoms with Gasteiger partial charge in [0.2, 0.25) is 0 Å². The van der Waals surface area contributed by atoms with Gasteiger partial charge in [0.25, 0.3) is 5.69 Å². The summed E-state index contributed by atoms with van der Waals surface area (Å²) in [7, 11) is 4.18. The molecule has 0 N–H and O–H groups in total. The molecule has 1 unspecified atom stereocenters. The Labute approximate surface area is 171 Å². The molecule has 0 aliphatic carbocycles. The van der Waals surface area contributed by atoms with Crippen LogP contribution in [0.15, 0.2) is 42.5 Å². The highest BCUT2D eigenvalue weighted by Crippen LogP contribution is 2.47. The van der Waals surface area contributed by atoms with Crippen LogP contribution in [0.4, 0.5) is 5.69 Å². The molecular formula is C20H28N3O5P.